The minimum atomic E-state index is -0.261. The zero-order chi connectivity index (χ0) is 12.6. The van der Waals surface area contributed by atoms with Crippen molar-refractivity contribution in [1.82, 2.24) is 0 Å². The van der Waals surface area contributed by atoms with E-state index in [1.807, 2.05) is 0 Å². The van der Waals surface area contributed by atoms with Crippen LogP contribution in [0.1, 0.15) is 26.7 Å². The average Bonchev–Trinajstić information content (AvgIpc) is 2.32. The summed E-state index contributed by atoms with van der Waals surface area (Å²) in [7, 11) is 0. The molecule has 4 heteroatoms. The van der Waals surface area contributed by atoms with Crippen molar-refractivity contribution in [2.45, 2.75) is 37.6 Å². The molecule has 0 radical (unpaired) electrons. The highest BCUT2D eigenvalue weighted by molar-refractivity contribution is 9.10. The maximum absolute atomic E-state index is 13.1. The summed E-state index contributed by atoms with van der Waals surface area (Å²) < 4.78 is 19.5. The van der Waals surface area contributed by atoms with Crippen molar-refractivity contribution >= 4 is 31.9 Å². The van der Waals surface area contributed by atoms with Crippen LogP contribution in [0.15, 0.2) is 22.7 Å². The molecule has 1 aromatic carbocycles. The molecule has 0 spiro atoms. The largest absolute Gasteiger partial charge is 0.490 e. The molecule has 1 fully saturated rings. The van der Waals surface area contributed by atoms with Gasteiger partial charge in [-0.15, -0.1) is 0 Å². The van der Waals surface area contributed by atoms with Crippen LogP contribution in [0.25, 0.3) is 0 Å². The van der Waals surface area contributed by atoms with Crippen LogP contribution in [0.3, 0.4) is 0 Å². The minimum Gasteiger partial charge on any atom is -0.490 e. The van der Waals surface area contributed by atoms with Crippen molar-refractivity contribution in [3.8, 4) is 5.75 Å². The lowest BCUT2D eigenvalue weighted by Crippen LogP contribution is -2.54. The fourth-order valence-corrected chi connectivity index (χ4v) is 3.43. The first-order chi connectivity index (χ1) is 7.97. The number of benzene rings is 1. The van der Waals surface area contributed by atoms with E-state index >= 15 is 0 Å². The predicted octanol–water partition coefficient (Wildman–Crippen LogP) is 4.92. The van der Waals surface area contributed by atoms with Crippen LogP contribution in [0, 0.1) is 11.2 Å². The van der Waals surface area contributed by atoms with Crippen LogP contribution in [0.2, 0.25) is 0 Å². The molecule has 0 bridgehead atoms. The van der Waals surface area contributed by atoms with Gasteiger partial charge in [0.15, 0.2) is 0 Å². The number of ether oxygens (including phenoxy) is 1. The van der Waals surface area contributed by atoms with Crippen molar-refractivity contribution in [3.05, 3.63) is 28.5 Å². The molecule has 3 atom stereocenters. The quantitative estimate of drug-likeness (QED) is 0.691. The number of halogens is 3. The first-order valence-corrected chi connectivity index (χ1v) is 7.44. The first-order valence-electron chi connectivity index (χ1n) is 5.73. The molecule has 1 aliphatic carbocycles. The Balaban J connectivity index is 2.09. The van der Waals surface area contributed by atoms with Crippen molar-refractivity contribution in [3.63, 3.8) is 0 Å². The molecule has 0 N–H and O–H groups in total. The van der Waals surface area contributed by atoms with Crippen LogP contribution in [-0.2, 0) is 0 Å². The molecule has 1 saturated carbocycles. The Morgan fingerprint density at radius 3 is 2.76 bits per heavy atom. The highest BCUT2D eigenvalue weighted by Crippen LogP contribution is 2.50. The van der Waals surface area contributed by atoms with Gasteiger partial charge in [0.2, 0.25) is 0 Å². The lowest BCUT2D eigenvalue weighted by molar-refractivity contribution is -0.0244. The SMILES string of the molecule is CCC1(C)C(Br)CC1Oc1ccc(F)c(Br)c1. The summed E-state index contributed by atoms with van der Waals surface area (Å²) in [5, 5.41) is 0. The molecule has 0 amide bonds. The van der Waals surface area contributed by atoms with Gasteiger partial charge >= 0.3 is 0 Å². The Labute approximate surface area is 118 Å². The van der Waals surface area contributed by atoms with Crippen LogP contribution in [0.5, 0.6) is 5.75 Å². The van der Waals surface area contributed by atoms with Crippen molar-refractivity contribution in [1.29, 1.82) is 0 Å². The van der Waals surface area contributed by atoms with Crippen molar-refractivity contribution in [2.24, 2.45) is 5.41 Å². The molecule has 17 heavy (non-hydrogen) atoms. The smallest absolute Gasteiger partial charge is 0.137 e. The third-order valence-electron chi connectivity index (χ3n) is 3.80. The average molecular weight is 366 g/mol. The molecule has 0 aliphatic heterocycles. The first kappa shape index (κ1) is 13.3. The van der Waals surface area contributed by atoms with Crippen LogP contribution in [0.4, 0.5) is 4.39 Å². The topological polar surface area (TPSA) is 9.23 Å². The lowest BCUT2D eigenvalue weighted by Gasteiger charge is -2.50. The standard InChI is InChI=1S/C13H15Br2FO/c1-3-13(2)11(15)7-12(13)17-8-4-5-10(16)9(14)6-8/h4-6,11-12H,3,7H2,1-2H3. The maximum atomic E-state index is 13.1. The summed E-state index contributed by atoms with van der Waals surface area (Å²) in [6, 6.07) is 4.79. The number of hydrogen-bond acceptors (Lipinski definition) is 1. The van der Waals surface area contributed by atoms with Crippen molar-refractivity contribution in [2.75, 3.05) is 0 Å². The molecular formula is C13H15Br2FO. The molecule has 94 valence electrons. The number of alkyl halides is 1. The van der Waals surface area contributed by atoms with Gasteiger partial charge in [0.1, 0.15) is 17.7 Å². The fraction of sp³-hybridized carbons (Fsp3) is 0.538. The molecule has 0 saturated heterocycles. The molecule has 0 heterocycles. The van der Waals surface area contributed by atoms with Gasteiger partial charge in [-0.2, -0.15) is 0 Å². The second kappa shape index (κ2) is 4.88. The Morgan fingerprint density at radius 1 is 1.53 bits per heavy atom. The fourth-order valence-electron chi connectivity index (χ4n) is 2.11. The second-order valence-electron chi connectivity index (χ2n) is 4.75. The van der Waals surface area contributed by atoms with E-state index < -0.39 is 0 Å². The van der Waals surface area contributed by atoms with E-state index in [-0.39, 0.29) is 17.3 Å². The summed E-state index contributed by atoms with van der Waals surface area (Å²) >= 11 is 6.84. The molecule has 1 nitrogen and oxygen atoms in total. The molecule has 2 rings (SSSR count). The Morgan fingerprint density at radius 2 is 2.24 bits per heavy atom. The summed E-state index contributed by atoms with van der Waals surface area (Å²) in [4.78, 5) is 0.508. The molecular weight excluding hydrogens is 351 g/mol. The monoisotopic (exact) mass is 364 g/mol. The number of rotatable bonds is 3. The highest BCUT2D eigenvalue weighted by atomic mass is 79.9. The Kier molecular flexibility index (Phi) is 3.83. The summed E-state index contributed by atoms with van der Waals surface area (Å²) in [5.41, 5.74) is 0.168. The normalized spacial score (nSPS) is 32.1. The highest BCUT2D eigenvalue weighted by Gasteiger charge is 2.50. The van der Waals surface area contributed by atoms with Gasteiger partial charge in [0, 0.05) is 10.2 Å². The zero-order valence-electron chi connectivity index (χ0n) is 9.84. The van der Waals surface area contributed by atoms with Gasteiger partial charge in [-0.1, -0.05) is 29.8 Å². The lowest BCUT2D eigenvalue weighted by atomic mass is 9.65. The van der Waals surface area contributed by atoms with Gasteiger partial charge in [-0.3, -0.25) is 0 Å². The number of hydrogen-bond donors (Lipinski definition) is 0. The molecule has 1 aliphatic rings. The van der Waals surface area contributed by atoms with Crippen LogP contribution >= 0.6 is 31.9 Å². The van der Waals surface area contributed by atoms with E-state index in [2.05, 4.69) is 45.7 Å². The van der Waals surface area contributed by atoms with Gasteiger partial charge in [-0.25, -0.2) is 4.39 Å². The summed E-state index contributed by atoms with van der Waals surface area (Å²) in [6.07, 6.45) is 2.27. The zero-order valence-corrected chi connectivity index (χ0v) is 13.0. The van der Waals surface area contributed by atoms with E-state index in [9.17, 15) is 4.39 Å². The van der Waals surface area contributed by atoms with Gasteiger partial charge in [-0.05, 0) is 47.0 Å². The van der Waals surface area contributed by atoms with Crippen LogP contribution in [-0.4, -0.2) is 10.9 Å². The van der Waals surface area contributed by atoms with Crippen LogP contribution < -0.4 is 4.74 Å². The Hall–Kier alpha value is -0.0900. The van der Waals surface area contributed by atoms with Crippen molar-refractivity contribution < 1.29 is 9.13 Å². The molecule has 0 aromatic heterocycles. The van der Waals surface area contributed by atoms with E-state index in [4.69, 9.17) is 4.74 Å². The van der Waals surface area contributed by atoms with Gasteiger partial charge in [0.25, 0.3) is 0 Å². The van der Waals surface area contributed by atoms with E-state index in [0.29, 0.717) is 9.30 Å². The summed E-state index contributed by atoms with van der Waals surface area (Å²) in [5.74, 6) is 0.463. The van der Waals surface area contributed by atoms with E-state index in [0.717, 1.165) is 18.6 Å². The maximum Gasteiger partial charge on any atom is 0.137 e. The third-order valence-corrected chi connectivity index (χ3v) is 5.83. The van der Waals surface area contributed by atoms with E-state index in [1.165, 1.54) is 6.07 Å². The molecule has 3 unspecified atom stereocenters. The van der Waals surface area contributed by atoms with Gasteiger partial charge in [0.05, 0.1) is 4.47 Å². The predicted molar refractivity (Wildman–Crippen MR) is 74.2 cm³/mol. The third kappa shape index (κ3) is 2.39. The van der Waals surface area contributed by atoms with E-state index in [1.54, 1.807) is 12.1 Å². The molecule has 1 aromatic rings. The van der Waals surface area contributed by atoms with Gasteiger partial charge < -0.3 is 4.74 Å². The Bertz CT molecular complexity index is 424. The second-order valence-corrected chi connectivity index (χ2v) is 6.70. The summed E-state index contributed by atoms with van der Waals surface area (Å²) in [6.45, 7) is 4.39. The minimum absolute atomic E-state index is 0.168.